The summed E-state index contributed by atoms with van der Waals surface area (Å²) in [5, 5.41) is 6.62. The van der Waals surface area contributed by atoms with Crippen LogP contribution in [0.3, 0.4) is 0 Å². The third-order valence-electron chi connectivity index (χ3n) is 7.51. The molecule has 1 aliphatic rings. The van der Waals surface area contributed by atoms with E-state index in [0.29, 0.717) is 35.8 Å². The molecule has 9 nitrogen and oxygen atoms in total. The zero-order valence-corrected chi connectivity index (χ0v) is 25.3. The van der Waals surface area contributed by atoms with E-state index in [1.165, 1.54) is 0 Å². The minimum atomic E-state index is 0.400. The molecule has 0 radical (unpaired) electrons. The number of nitrogens with zero attached hydrogens (tertiary/aromatic N) is 5. The number of methoxy groups -OCH3 is 3. The summed E-state index contributed by atoms with van der Waals surface area (Å²) in [5.41, 5.74) is 4.99. The molecule has 1 saturated heterocycles. The second-order valence-electron chi connectivity index (χ2n) is 9.73. The lowest BCUT2D eigenvalue weighted by Crippen LogP contribution is -2.20. The minimum Gasteiger partial charge on any atom is -0.493 e. The Morgan fingerprint density at radius 3 is 2.60 bits per heavy atom. The molecule has 1 unspecified atom stereocenters. The van der Waals surface area contributed by atoms with E-state index in [1.807, 2.05) is 24.4 Å². The summed E-state index contributed by atoms with van der Waals surface area (Å²) in [6.45, 7) is 5.92. The molecule has 1 fully saturated rings. The second kappa shape index (κ2) is 11.2. The van der Waals surface area contributed by atoms with Gasteiger partial charge in [-0.1, -0.05) is 6.92 Å². The lowest BCUT2D eigenvalue weighted by Gasteiger charge is -2.15. The van der Waals surface area contributed by atoms with Crippen molar-refractivity contribution in [2.75, 3.05) is 46.3 Å². The SMILES string of the molecule is CCN1CCC(n2cc(-c3nc(NCc4cc(OC)c(OC)c(OC)c4)nc4ccsc34)c3cc(Br)ncc32)C1. The third kappa shape index (κ3) is 4.86. The molecular weight excluding hydrogens is 592 g/mol. The highest BCUT2D eigenvalue weighted by Crippen LogP contribution is 2.40. The van der Waals surface area contributed by atoms with Gasteiger partial charge in [-0.25, -0.2) is 15.0 Å². The average Bonchev–Trinajstić information content (AvgIpc) is 3.73. The largest absolute Gasteiger partial charge is 0.493 e. The average molecular weight is 624 g/mol. The highest BCUT2D eigenvalue weighted by atomic mass is 79.9. The van der Waals surface area contributed by atoms with E-state index < -0.39 is 0 Å². The van der Waals surface area contributed by atoms with Gasteiger partial charge in [0.15, 0.2) is 11.5 Å². The standard InChI is InChI=1S/C29H31BrN6O3S/c1-5-35-8-6-18(15-35)36-16-20(19-12-25(30)31-14-22(19)36)26-28-21(7-9-40-28)33-29(34-26)32-13-17-10-23(37-2)27(39-4)24(11-17)38-3/h7,9-12,14,16,18H,5-6,8,13,15H2,1-4H3,(H,32,33,34). The maximum Gasteiger partial charge on any atom is 0.224 e. The van der Waals surface area contributed by atoms with Crippen molar-refractivity contribution >= 4 is 54.3 Å². The van der Waals surface area contributed by atoms with Crippen molar-refractivity contribution < 1.29 is 14.2 Å². The van der Waals surface area contributed by atoms with Gasteiger partial charge in [0.05, 0.1) is 49.0 Å². The summed E-state index contributed by atoms with van der Waals surface area (Å²) in [7, 11) is 4.83. The summed E-state index contributed by atoms with van der Waals surface area (Å²) >= 11 is 5.25. The molecule has 1 aliphatic heterocycles. The zero-order chi connectivity index (χ0) is 27.8. The third-order valence-corrected chi connectivity index (χ3v) is 8.85. The van der Waals surface area contributed by atoms with Gasteiger partial charge in [0.25, 0.3) is 0 Å². The number of rotatable bonds is 9. The molecule has 4 aromatic heterocycles. The van der Waals surface area contributed by atoms with Crippen molar-refractivity contribution in [3.05, 3.63) is 52.2 Å². The van der Waals surface area contributed by atoms with Crippen molar-refractivity contribution in [2.45, 2.75) is 25.9 Å². The maximum absolute atomic E-state index is 5.53. The Labute approximate surface area is 245 Å². The summed E-state index contributed by atoms with van der Waals surface area (Å²) in [6, 6.07) is 8.40. The number of likely N-dealkylation sites (tertiary alicyclic amines) is 1. The molecule has 208 valence electrons. The number of nitrogens with one attached hydrogen (secondary N) is 1. The summed E-state index contributed by atoms with van der Waals surface area (Å²) in [5.74, 6) is 2.33. The smallest absolute Gasteiger partial charge is 0.224 e. The Kier molecular flexibility index (Phi) is 7.52. The molecule has 40 heavy (non-hydrogen) atoms. The van der Waals surface area contributed by atoms with E-state index in [9.17, 15) is 0 Å². The first-order chi connectivity index (χ1) is 19.5. The first-order valence-corrected chi connectivity index (χ1v) is 14.9. The maximum atomic E-state index is 5.53. The molecule has 11 heteroatoms. The monoisotopic (exact) mass is 622 g/mol. The van der Waals surface area contributed by atoms with Gasteiger partial charge in [0.2, 0.25) is 11.7 Å². The fourth-order valence-corrected chi connectivity index (χ4v) is 6.65. The fourth-order valence-electron chi connectivity index (χ4n) is 5.48. The quantitative estimate of drug-likeness (QED) is 0.190. The number of halogens is 1. The number of hydrogen-bond acceptors (Lipinski definition) is 9. The number of thiophene rings is 1. The van der Waals surface area contributed by atoms with Gasteiger partial charge in [-0.3, -0.25) is 0 Å². The Morgan fingerprint density at radius 1 is 1.10 bits per heavy atom. The molecule has 0 aliphatic carbocycles. The van der Waals surface area contributed by atoms with Gasteiger partial charge in [-0.2, -0.15) is 0 Å². The van der Waals surface area contributed by atoms with Crippen molar-refractivity contribution in [1.82, 2.24) is 24.4 Å². The zero-order valence-electron chi connectivity index (χ0n) is 22.9. The van der Waals surface area contributed by atoms with Crippen molar-refractivity contribution in [1.29, 1.82) is 0 Å². The molecule has 0 bridgehead atoms. The van der Waals surface area contributed by atoms with Gasteiger partial charge < -0.3 is 29.0 Å². The van der Waals surface area contributed by atoms with Gasteiger partial charge in [0.1, 0.15) is 4.60 Å². The van der Waals surface area contributed by atoms with Crippen LogP contribution in [0.15, 0.2) is 46.6 Å². The number of aromatic nitrogens is 4. The Balaban J connectivity index is 1.40. The van der Waals surface area contributed by atoms with E-state index >= 15 is 0 Å². The van der Waals surface area contributed by atoms with Crippen LogP contribution in [-0.2, 0) is 6.54 Å². The van der Waals surface area contributed by atoms with Gasteiger partial charge in [0, 0.05) is 42.8 Å². The number of hydrogen-bond donors (Lipinski definition) is 1. The Morgan fingerprint density at radius 2 is 1.90 bits per heavy atom. The van der Waals surface area contributed by atoms with Crippen LogP contribution >= 0.6 is 27.3 Å². The molecule has 5 aromatic rings. The molecule has 0 spiro atoms. The van der Waals surface area contributed by atoms with Crippen molar-refractivity contribution in [3.8, 4) is 28.5 Å². The number of benzene rings is 1. The summed E-state index contributed by atoms with van der Waals surface area (Å²) in [4.78, 5) is 17.0. The van der Waals surface area contributed by atoms with E-state index in [0.717, 1.165) is 68.6 Å². The number of anilines is 1. The van der Waals surface area contributed by atoms with Gasteiger partial charge >= 0.3 is 0 Å². The molecule has 0 saturated carbocycles. The molecule has 5 heterocycles. The molecule has 6 rings (SSSR count). The first kappa shape index (κ1) is 26.8. The van der Waals surface area contributed by atoms with Crippen LogP contribution in [-0.4, -0.2) is 65.4 Å². The van der Waals surface area contributed by atoms with Crippen LogP contribution in [0.2, 0.25) is 0 Å². The van der Waals surface area contributed by atoms with Gasteiger partial charge in [-0.05, 0) is 64.1 Å². The number of pyridine rings is 1. The first-order valence-electron chi connectivity index (χ1n) is 13.2. The molecule has 1 aromatic carbocycles. The highest BCUT2D eigenvalue weighted by molar-refractivity contribution is 9.10. The van der Waals surface area contributed by atoms with Crippen LogP contribution < -0.4 is 19.5 Å². The molecule has 1 atom stereocenters. The van der Waals surface area contributed by atoms with Crippen LogP contribution in [0.1, 0.15) is 24.9 Å². The topological polar surface area (TPSA) is 86.6 Å². The van der Waals surface area contributed by atoms with E-state index in [-0.39, 0.29) is 0 Å². The summed E-state index contributed by atoms with van der Waals surface area (Å²) in [6.07, 6.45) is 5.34. The normalized spacial score (nSPS) is 15.7. The second-order valence-corrected chi connectivity index (χ2v) is 11.5. The van der Waals surface area contributed by atoms with E-state index in [2.05, 4.69) is 60.3 Å². The molecular formula is C29H31BrN6O3S. The van der Waals surface area contributed by atoms with E-state index in [1.54, 1.807) is 32.7 Å². The Bertz CT molecular complexity index is 1660. The van der Waals surface area contributed by atoms with Crippen LogP contribution in [0.5, 0.6) is 17.2 Å². The predicted molar refractivity (Wildman–Crippen MR) is 163 cm³/mol. The number of ether oxygens (including phenoxy) is 3. The summed E-state index contributed by atoms with van der Waals surface area (Å²) < 4.78 is 20.8. The fraction of sp³-hybridized carbons (Fsp3) is 0.345. The van der Waals surface area contributed by atoms with Crippen LogP contribution in [0, 0.1) is 0 Å². The van der Waals surface area contributed by atoms with Gasteiger partial charge in [-0.15, -0.1) is 11.3 Å². The lowest BCUT2D eigenvalue weighted by atomic mass is 10.1. The molecule has 0 amide bonds. The van der Waals surface area contributed by atoms with Crippen LogP contribution in [0.4, 0.5) is 5.95 Å². The van der Waals surface area contributed by atoms with Crippen molar-refractivity contribution in [2.24, 2.45) is 0 Å². The minimum absolute atomic E-state index is 0.400. The predicted octanol–water partition coefficient (Wildman–Crippen LogP) is 6.38. The highest BCUT2D eigenvalue weighted by Gasteiger charge is 2.26. The Hall–Kier alpha value is -3.41. The number of fused-ring (bicyclic) bond motifs is 2. The lowest BCUT2D eigenvalue weighted by molar-refractivity contribution is 0.324. The van der Waals surface area contributed by atoms with Crippen molar-refractivity contribution in [3.63, 3.8) is 0 Å². The van der Waals surface area contributed by atoms with E-state index in [4.69, 9.17) is 24.2 Å². The molecule has 1 N–H and O–H groups in total. The number of likely N-dealkylation sites (N-methyl/N-ethyl adjacent to an activating group) is 1. The van der Waals surface area contributed by atoms with Crippen LogP contribution in [0.25, 0.3) is 32.4 Å².